The molecule has 1 aliphatic heterocycles. The number of halogens is 4. The third kappa shape index (κ3) is 5.56. The Balaban J connectivity index is 1.92. The average molecular weight is 500 g/mol. The van der Waals surface area contributed by atoms with Gasteiger partial charge in [0.25, 0.3) is 11.9 Å². The highest BCUT2D eigenvalue weighted by atomic mass is 35.5. The molecule has 3 rings (SSSR count). The average Bonchev–Trinajstić information content (AvgIpc) is 2.71. The topological polar surface area (TPSA) is 115 Å². The summed E-state index contributed by atoms with van der Waals surface area (Å²) in [6.07, 6.45) is 1.29. The number of hydrogen-bond acceptors (Lipinski definition) is 7. The minimum absolute atomic E-state index is 0.00137. The van der Waals surface area contributed by atoms with Crippen LogP contribution in [-0.2, 0) is 15.0 Å². The molecule has 1 aromatic carbocycles. The number of nitrogens with one attached hydrogen (secondary N) is 2. The fraction of sp³-hybridized carbons (Fsp3) is 0.381. The van der Waals surface area contributed by atoms with Gasteiger partial charge in [0.1, 0.15) is 22.3 Å². The Hall–Kier alpha value is -3.41. The Morgan fingerprint density at radius 3 is 2.50 bits per heavy atom. The van der Waals surface area contributed by atoms with E-state index in [-0.39, 0.29) is 16.5 Å². The van der Waals surface area contributed by atoms with Gasteiger partial charge < -0.3 is 14.8 Å². The van der Waals surface area contributed by atoms with Crippen molar-refractivity contribution >= 4 is 35.3 Å². The first-order valence-electron chi connectivity index (χ1n) is 9.89. The van der Waals surface area contributed by atoms with E-state index in [0.29, 0.717) is 0 Å². The SMILES string of the molecule is CC(C)(C)OC(=O)NC1=NC(C)(c2cc(NC(=O)c3cnc(Cl)cn3)ccc2F)C(F)(F)CO1. The molecular formula is C21H21ClF3N5O4. The zero-order chi connectivity index (χ0) is 25.3. The maximum atomic E-state index is 14.9. The number of aliphatic imine (C=N–C) groups is 1. The Morgan fingerprint density at radius 1 is 1.18 bits per heavy atom. The maximum absolute atomic E-state index is 14.9. The number of amidine groups is 1. The number of ether oxygens (including phenoxy) is 2. The fourth-order valence-electron chi connectivity index (χ4n) is 2.93. The summed E-state index contributed by atoms with van der Waals surface area (Å²) in [4.78, 5) is 35.7. The number of carbonyl (C=O) groups is 2. The molecule has 0 fully saturated rings. The first-order valence-corrected chi connectivity index (χ1v) is 10.3. The summed E-state index contributed by atoms with van der Waals surface area (Å²) >= 11 is 5.64. The molecule has 2 amide bonds. The minimum Gasteiger partial charge on any atom is -0.458 e. The molecule has 0 radical (unpaired) electrons. The number of hydrogen-bond donors (Lipinski definition) is 2. The lowest BCUT2D eigenvalue weighted by Crippen LogP contribution is -2.53. The molecule has 34 heavy (non-hydrogen) atoms. The van der Waals surface area contributed by atoms with Crippen LogP contribution in [0.3, 0.4) is 0 Å². The first kappa shape index (κ1) is 25.2. The van der Waals surface area contributed by atoms with Crippen LogP contribution in [0.2, 0.25) is 5.15 Å². The van der Waals surface area contributed by atoms with Crippen molar-refractivity contribution in [2.24, 2.45) is 4.99 Å². The van der Waals surface area contributed by atoms with Crippen LogP contribution in [0.4, 0.5) is 23.7 Å². The number of alkyl halides is 2. The fourth-order valence-corrected chi connectivity index (χ4v) is 3.03. The molecule has 0 saturated carbocycles. The van der Waals surface area contributed by atoms with Crippen molar-refractivity contribution < 1.29 is 32.2 Å². The second kappa shape index (κ2) is 9.09. The van der Waals surface area contributed by atoms with E-state index in [1.807, 2.05) is 0 Å². The van der Waals surface area contributed by atoms with Gasteiger partial charge in [-0.15, -0.1) is 0 Å². The molecule has 1 atom stereocenters. The lowest BCUT2D eigenvalue weighted by Gasteiger charge is -2.38. The first-order chi connectivity index (χ1) is 15.7. The van der Waals surface area contributed by atoms with Gasteiger partial charge in [-0.25, -0.2) is 29.5 Å². The molecule has 13 heteroatoms. The van der Waals surface area contributed by atoms with Crippen molar-refractivity contribution in [2.45, 2.75) is 44.8 Å². The minimum atomic E-state index is -3.67. The number of carbonyl (C=O) groups excluding carboxylic acids is 2. The second-order valence-electron chi connectivity index (χ2n) is 8.48. The molecule has 2 N–H and O–H groups in total. The number of amides is 2. The van der Waals surface area contributed by atoms with Crippen LogP contribution in [0.25, 0.3) is 0 Å². The molecule has 2 aromatic rings. The Kier molecular flexibility index (Phi) is 6.74. The van der Waals surface area contributed by atoms with E-state index in [9.17, 15) is 22.8 Å². The van der Waals surface area contributed by atoms with Crippen LogP contribution in [0.1, 0.15) is 43.7 Å². The standard InChI is InChI=1S/C21H21ClF3N5O4/c1-19(2,3)34-18(32)29-17-30-20(4,21(24,25)10-33-17)12-7-11(5-6-13(12)23)28-16(31)14-8-27-15(22)9-26-14/h5-9H,10H2,1-4H3,(H,28,31)(H,29,30,32). The van der Waals surface area contributed by atoms with E-state index < -0.39 is 53.1 Å². The van der Waals surface area contributed by atoms with Gasteiger partial charge in [0, 0.05) is 11.3 Å². The molecule has 0 bridgehead atoms. The smallest absolute Gasteiger partial charge is 0.415 e. The predicted molar refractivity (Wildman–Crippen MR) is 116 cm³/mol. The summed E-state index contributed by atoms with van der Waals surface area (Å²) in [5.41, 5.74) is -3.98. The van der Waals surface area contributed by atoms with Crippen molar-refractivity contribution in [3.63, 3.8) is 0 Å². The van der Waals surface area contributed by atoms with Crippen molar-refractivity contribution in [1.29, 1.82) is 0 Å². The Morgan fingerprint density at radius 2 is 1.88 bits per heavy atom. The quantitative estimate of drug-likeness (QED) is 0.651. The van der Waals surface area contributed by atoms with Gasteiger partial charge in [-0.1, -0.05) is 11.6 Å². The van der Waals surface area contributed by atoms with Gasteiger partial charge in [0.15, 0.2) is 12.1 Å². The molecule has 2 heterocycles. The third-order valence-corrected chi connectivity index (χ3v) is 4.83. The Labute approximate surface area is 197 Å². The van der Waals surface area contributed by atoms with Gasteiger partial charge >= 0.3 is 12.0 Å². The molecule has 0 spiro atoms. The molecule has 1 unspecified atom stereocenters. The van der Waals surface area contributed by atoms with Gasteiger partial charge in [0.05, 0.1) is 12.4 Å². The van der Waals surface area contributed by atoms with E-state index in [0.717, 1.165) is 31.5 Å². The van der Waals surface area contributed by atoms with Crippen molar-refractivity contribution in [3.05, 3.63) is 52.8 Å². The molecular weight excluding hydrogens is 479 g/mol. The van der Waals surface area contributed by atoms with E-state index >= 15 is 0 Å². The van der Waals surface area contributed by atoms with Crippen LogP contribution < -0.4 is 10.6 Å². The van der Waals surface area contributed by atoms with E-state index in [2.05, 4.69) is 25.6 Å². The number of benzene rings is 1. The summed E-state index contributed by atoms with van der Waals surface area (Å²) in [6.45, 7) is 4.63. The summed E-state index contributed by atoms with van der Waals surface area (Å²) in [5.74, 6) is -5.40. The van der Waals surface area contributed by atoms with Gasteiger partial charge in [0.2, 0.25) is 0 Å². The predicted octanol–water partition coefficient (Wildman–Crippen LogP) is 4.28. The van der Waals surface area contributed by atoms with Crippen molar-refractivity contribution in [2.75, 3.05) is 11.9 Å². The summed E-state index contributed by atoms with van der Waals surface area (Å²) in [6, 6.07) is 2.55. The lowest BCUT2D eigenvalue weighted by molar-refractivity contribution is -0.118. The highest BCUT2D eigenvalue weighted by Gasteiger charge is 2.56. The maximum Gasteiger partial charge on any atom is 0.415 e. The van der Waals surface area contributed by atoms with Crippen molar-refractivity contribution in [1.82, 2.24) is 15.3 Å². The van der Waals surface area contributed by atoms with Crippen LogP contribution >= 0.6 is 11.6 Å². The molecule has 1 aliphatic rings. The van der Waals surface area contributed by atoms with E-state index in [4.69, 9.17) is 21.1 Å². The third-order valence-electron chi connectivity index (χ3n) is 4.64. The Bertz CT molecular complexity index is 1140. The second-order valence-corrected chi connectivity index (χ2v) is 8.87. The van der Waals surface area contributed by atoms with Crippen molar-refractivity contribution in [3.8, 4) is 0 Å². The molecule has 1 aromatic heterocycles. The highest BCUT2D eigenvalue weighted by molar-refractivity contribution is 6.29. The number of aromatic nitrogens is 2. The molecule has 182 valence electrons. The van der Waals surface area contributed by atoms with Gasteiger partial charge in [-0.2, -0.15) is 8.78 Å². The number of nitrogens with zero attached hydrogens (tertiary/aromatic N) is 3. The summed E-state index contributed by atoms with van der Waals surface area (Å²) in [5, 5.41) is 4.65. The summed E-state index contributed by atoms with van der Waals surface area (Å²) in [7, 11) is 0. The van der Waals surface area contributed by atoms with Crippen LogP contribution in [-0.4, -0.2) is 46.1 Å². The number of rotatable bonds is 3. The molecule has 0 saturated heterocycles. The van der Waals surface area contributed by atoms with Gasteiger partial charge in [-0.05, 0) is 45.9 Å². The number of anilines is 1. The lowest BCUT2D eigenvalue weighted by atomic mass is 9.85. The zero-order valence-electron chi connectivity index (χ0n) is 18.6. The summed E-state index contributed by atoms with van der Waals surface area (Å²) < 4.78 is 54.6. The molecule has 9 nitrogen and oxygen atoms in total. The van der Waals surface area contributed by atoms with Crippen LogP contribution in [0.15, 0.2) is 35.6 Å². The largest absolute Gasteiger partial charge is 0.458 e. The molecule has 0 aliphatic carbocycles. The number of alkyl carbamates (subject to hydrolysis) is 1. The zero-order valence-corrected chi connectivity index (χ0v) is 19.3. The van der Waals surface area contributed by atoms with Crippen LogP contribution in [0, 0.1) is 5.82 Å². The van der Waals surface area contributed by atoms with Crippen LogP contribution in [0.5, 0.6) is 0 Å². The monoisotopic (exact) mass is 499 g/mol. The normalized spacial score (nSPS) is 19.5. The van der Waals surface area contributed by atoms with Gasteiger partial charge in [-0.3, -0.25) is 4.79 Å². The van der Waals surface area contributed by atoms with E-state index in [1.54, 1.807) is 20.8 Å². The van der Waals surface area contributed by atoms with E-state index in [1.165, 1.54) is 6.07 Å². The highest BCUT2D eigenvalue weighted by Crippen LogP contribution is 2.45.